The average molecular weight is 381 g/mol. The lowest BCUT2D eigenvalue weighted by atomic mass is 9.94. The van der Waals surface area contributed by atoms with Crippen molar-refractivity contribution in [3.8, 4) is 0 Å². The Kier molecular flexibility index (Phi) is 5.48. The molecule has 1 rings (SSSR count). The van der Waals surface area contributed by atoms with Crippen molar-refractivity contribution in [3.63, 3.8) is 0 Å². The van der Waals surface area contributed by atoms with Crippen molar-refractivity contribution < 1.29 is 9.31 Å². The molecule has 0 atom stereocenters. The van der Waals surface area contributed by atoms with Gasteiger partial charge in [0.1, 0.15) is 11.5 Å². The number of nitrogens with one attached hydrogen (secondary N) is 1. The first-order chi connectivity index (χ1) is 8.83. The van der Waals surface area contributed by atoms with E-state index in [-0.39, 0.29) is 14.9 Å². The van der Waals surface area contributed by atoms with Crippen molar-refractivity contribution in [2.75, 3.05) is 11.9 Å². The maximum absolute atomic E-state index is 13.5. The van der Waals surface area contributed by atoms with E-state index >= 15 is 0 Å². The van der Waals surface area contributed by atoms with Gasteiger partial charge >= 0.3 is 0 Å². The minimum absolute atomic E-state index is 0.139. The number of nitrogens with zero attached hydrogens (tertiary/aromatic N) is 1. The molecule has 7 heteroatoms. The van der Waals surface area contributed by atoms with Crippen LogP contribution in [0.5, 0.6) is 0 Å². The summed E-state index contributed by atoms with van der Waals surface area (Å²) in [4.78, 5) is 10.4. The minimum atomic E-state index is -0.528. The number of anilines is 1. The smallest absolute Gasteiger partial charge is 0.293 e. The van der Waals surface area contributed by atoms with Gasteiger partial charge < -0.3 is 11.1 Å². The Bertz CT molecular complexity index is 478. The number of hydrogen-bond donors (Lipinski definition) is 2. The number of rotatable bonds is 6. The summed E-state index contributed by atoms with van der Waals surface area (Å²) in [7, 11) is 0. The van der Waals surface area contributed by atoms with E-state index in [4.69, 9.17) is 5.73 Å². The molecular weight excluding hydrogens is 364 g/mol. The third kappa shape index (κ3) is 4.00. The Balaban J connectivity index is 3.00. The molecule has 5 nitrogen and oxygen atoms in total. The molecule has 0 bridgehead atoms. The SMILES string of the molecule is CCC(N)(CC)CNc1cc(F)c(I)cc1[N+](=O)[O-]. The number of halogens is 2. The molecule has 19 heavy (non-hydrogen) atoms. The first-order valence-corrected chi connectivity index (χ1v) is 7.07. The van der Waals surface area contributed by atoms with Crippen molar-refractivity contribution in [1.82, 2.24) is 0 Å². The number of nitrogens with two attached hydrogens (primary N) is 1. The molecule has 0 saturated carbocycles. The number of nitro benzene ring substituents is 1. The van der Waals surface area contributed by atoms with E-state index in [2.05, 4.69) is 5.32 Å². The molecule has 0 fully saturated rings. The molecular formula is C12H17FIN3O2. The maximum Gasteiger partial charge on any atom is 0.293 e. The highest BCUT2D eigenvalue weighted by atomic mass is 127. The lowest BCUT2D eigenvalue weighted by Gasteiger charge is -2.27. The molecule has 0 aliphatic carbocycles. The van der Waals surface area contributed by atoms with Crippen LogP contribution in [-0.4, -0.2) is 17.0 Å². The van der Waals surface area contributed by atoms with Gasteiger partial charge in [0.2, 0.25) is 0 Å². The summed E-state index contributed by atoms with van der Waals surface area (Å²) in [6.45, 7) is 4.27. The summed E-state index contributed by atoms with van der Waals surface area (Å²) in [5.41, 5.74) is 5.69. The second kappa shape index (κ2) is 6.47. The predicted octanol–water partition coefficient (Wildman–Crippen LogP) is 3.27. The summed E-state index contributed by atoms with van der Waals surface area (Å²) in [6.07, 6.45) is 1.47. The Morgan fingerprint density at radius 3 is 2.53 bits per heavy atom. The molecule has 0 heterocycles. The third-order valence-electron chi connectivity index (χ3n) is 3.27. The van der Waals surface area contributed by atoms with Gasteiger partial charge in [0.15, 0.2) is 0 Å². The van der Waals surface area contributed by atoms with E-state index in [1.54, 1.807) is 22.6 Å². The van der Waals surface area contributed by atoms with Gasteiger partial charge in [-0.1, -0.05) is 13.8 Å². The van der Waals surface area contributed by atoms with Crippen LogP contribution in [0.1, 0.15) is 26.7 Å². The minimum Gasteiger partial charge on any atom is -0.378 e. The van der Waals surface area contributed by atoms with E-state index in [0.29, 0.717) is 6.54 Å². The summed E-state index contributed by atoms with van der Waals surface area (Å²) in [5.74, 6) is -0.482. The summed E-state index contributed by atoms with van der Waals surface area (Å²) in [5, 5.41) is 13.9. The van der Waals surface area contributed by atoms with Gasteiger partial charge in [-0.25, -0.2) is 4.39 Å². The van der Waals surface area contributed by atoms with Crippen molar-refractivity contribution in [2.24, 2.45) is 5.73 Å². The highest BCUT2D eigenvalue weighted by Gasteiger charge is 2.23. The standard InChI is InChI=1S/C12H17FIN3O2/c1-3-12(15,4-2)7-16-10-5-8(13)9(14)6-11(10)17(18)19/h5-6,16H,3-4,7,15H2,1-2H3. The fourth-order valence-electron chi connectivity index (χ4n) is 1.60. The Morgan fingerprint density at radius 1 is 1.47 bits per heavy atom. The Morgan fingerprint density at radius 2 is 2.05 bits per heavy atom. The Hall–Kier alpha value is -0.960. The fourth-order valence-corrected chi connectivity index (χ4v) is 2.05. The van der Waals surface area contributed by atoms with Crippen LogP contribution in [0.25, 0.3) is 0 Å². The Labute approximate surface area is 125 Å². The molecule has 0 aliphatic heterocycles. The highest BCUT2D eigenvalue weighted by molar-refractivity contribution is 14.1. The molecule has 0 amide bonds. The van der Waals surface area contributed by atoms with Gasteiger partial charge in [0.25, 0.3) is 5.69 Å². The van der Waals surface area contributed by atoms with Gasteiger partial charge in [-0.3, -0.25) is 10.1 Å². The molecule has 0 aromatic heterocycles. The average Bonchev–Trinajstić information content (AvgIpc) is 2.39. The fraction of sp³-hybridized carbons (Fsp3) is 0.500. The van der Waals surface area contributed by atoms with Crippen LogP contribution >= 0.6 is 22.6 Å². The van der Waals surface area contributed by atoms with E-state index in [1.165, 1.54) is 6.07 Å². The third-order valence-corrected chi connectivity index (χ3v) is 4.10. The van der Waals surface area contributed by atoms with E-state index in [1.807, 2.05) is 13.8 Å². The van der Waals surface area contributed by atoms with Gasteiger partial charge in [-0.2, -0.15) is 0 Å². The first-order valence-electron chi connectivity index (χ1n) is 5.99. The lowest BCUT2D eigenvalue weighted by molar-refractivity contribution is -0.384. The number of hydrogen-bond acceptors (Lipinski definition) is 4. The molecule has 106 valence electrons. The molecule has 0 radical (unpaired) electrons. The van der Waals surface area contributed by atoms with Gasteiger partial charge in [-0.15, -0.1) is 0 Å². The second-order valence-corrected chi connectivity index (χ2v) is 5.63. The predicted molar refractivity (Wildman–Crippen MR) is 81.8 cm³/mol. The van der Waals surface area contributed by atoms with Crippen LogP contribution in [0, 0.1) is 19.5 Å². The van der Waals surface area contributed by atoms with Crippen LogP contribution in [0.4, 0.5) is 15.8 Å². The van der Waals surface area contributed by atoms with Crippen molar-refractivity contribution in [2.45, 2.75) is 32.2 Å². The molecule has 0 unspecified atom stereocenters. The first kappa shape index (κ1) is 16.1. The monoisotopic (exact) mass is 381 g/mol. The normalized spacial score (nSPS) is 11.4. The lowest BCUT2D eigenvalue weighted by Crippen LogP contribution is -2.45. The van der Waals surface area contributed by atoms with Crippen LogP contribution in [0.2, 0.25) is 0 Å². The zero-order valence-corrected chi connectivity index (χ0v) is 13.0. The molecule has 0 spiro atoms. The van der Waals surface area contributed by atoms with E-state index in [9.17, 15) is 14.5 Å². The molecule has 3 N–H and O–H groups in total. The van der Waals surface area contributed by atoms with Gasteiger partial charge in [-0.05, 0) is 35.4 Å². The quantitative estimate of drug-likeness (QED) is 0.450. The number of nitro groups is 1. The van der Waals surface area contributed by atoms with Crippen molar-refractivity contribution >= 4 is 34.0 Å². The van der Waals surface area contributed by atoms with Crippen LogP contribution in [-0.2, 0) is 0 Å². The van der Waals surface area contributed by atoms with Crippen molar-refractivity contribution in [1.29, 1.82) is 0 Å². The topological polar surface area (TPSA) is 81.2 Å². The second-order valence-electron chi connectivity index (χ2n) is 4.46. The molecule has 0 aliphatic rings. The summed E-state index contributed by atoms with van der Waals surface area (Å²) >= 11 is 1.73. The van der Waals surface area contributed by atoms with E-state index < -0.39 is 16.3 Å². The van der Waals surface area contributed by atoms with Crippen molar-refractivity contribution in [3.05, 3.63) is 31.6 Å². The van der Waals surface area contributed by atoms with E-state index in [0.717, 1.165) is 18.9 Å². The van der Waals surface area contributed by atoms with Crippen LogP contribution < -0.4 is 11.1 Å². The summed E-state index contributed by atoms with van der Waals surface area (Å²) < 4.78 is 13.7. The zero-order chi connectivity index (χ0) is 14.6. The van der Waals surface area contributed by atoms with Crippen LogP contribution in [0.3, 0.4) is 0 Å². The summed E-state index contributed by atoms with van der Waals surface area (Å²) in [6, 6.07) is 2.36. The molecule has 1 aromatic rings. The highest BCUT2D eigenvalue weighted by Crippen LogP contribution is 2.29. The van der Waals surface area contributed by atoms with Gasteiger partial charge in [0, 0.05) is 24.2 Å². The molecule has 1 aromatic carbocycles. The molecule has 0 saturated heterocycles. The zero-order valence-electron chi connectivity index (χ0n) is 10.9. The van der Waals surface area contributed by atoms with Gasteiger partial charge in [0.05, 0.1) is 8.49 Å². The van der Waals surface area contributed by atoms with Crippen LogP contribution in [0.15, 0.2) is 12.1 Å². The maximum atomic E-state index is 13.5. The number of benzene rings is 1. The largest absolute Gasteiger partial charge is 0.378 e.